The van der Waals surface area contributed by atoms with Gasteiger partial charge in [0.15, 0.2) is 6.10 Å². The first kappa shape index (κ1) is 11.5. The topological polar surface area (TPSA) is 66.8 Å². The number of ether oxygens (including phenoxy) is 1. The maximum Gasteiger partial charge on any atom is 0.333 e. The molecule has 0 radical (unpaired) electrons. The largest absolute Gasteiger partial charge is 0.508 e. The van der Waals surface area contributed by atoms with Gasteiger partial charge in [-0.3, -0.25) is 0 Å². The minimum absolute atomic E-state index is 0.110. The van der Waals surface area contributed by atoms with E-state index < -0.39 is 12.1 Å². The highest BCUT2D eigenvalue weighted by atomic mass is 16.5. The van der Waals surface area contributed by atoms with Gasteiger partial charge in [0.1, 0.15) is 5.75 Å². The van der Waals surface area contributed by atoms with Crippen LogP contribution in [0.1, 0.15) is 11.1 Å². The zero-order valence-corrected chi connectivity index (χ0v) is 8.73. The molecule has 0 aliphatic carbocycles. The Labute approximate surface area is 88.1 Å². The number of aryl methyl sites for hydroxylation is 1. The van der Waals surface area contributed by atoms with Crippen LogP contribution in [-0.4, -0.2) is 29.4 Å². The molecule has 0 fully saturated rings. The van der Waals surface area contributed by atoms with Crippen LogP contribution in [0.5, 0.6) is 5.75 Å². The lowest BCUT2D eigenvalue weighted by Gasteiger charge is -2.11. The Balaban J connectivity index is 2.84. The number of aromatic hydroxyl groups is 1. The van der Waals surface area contributed by atoms with Crippen molar-refractivity contribution in [3.8, 4) is 5.75 Å². The van der Waals surface area contributed by atoms with Gasteiger partial charge in [-0.15, -0.1) is 0 Å². The molecule has 4 nitrogen and oxygen atoms in total. The van der Waals surface area contributed by atoms with Gasteiger partial charge in [0.25, 0.3) is 0 Å². The maximum atomic E-state index is 10.7. The minimum Gasteiger partial charge on any atom is -0.508 e. The van der Waals surface area contributed by atoms with Crippen LogP contribution in [-0.2, 0) is 16.0 Å². The number of hydrogen-bond acceptors (Lipinski definition) is 3. The molecule has 0 bridgehead atoms. The summed E-state index contributed by atoms with van der Waals surface area (Å²) >= 11 is 0. The molecule has 1 rings (SSSR count). The van der Waals surface area contributed by atoms with Crippen LogP contribution in [0.4, 0.5) is 0 Å². The first-order valence-corrected chi connectivity index (χ1v) is 4.58. The maximum absolute atomic E-state index is 10.7. The van der Waals surface area contributed by atoms with E-state index in [2.05, 4.69) is 0 Å². The van der Waals surface area contributed by atoms with Gasteiger partial charge in [0.05, 0.1) is 0 Å². The summed E-state index contributed by atoms with van der Waals surface area (Å²) in [6.07, 6.45) is -0.753. The van der Waals surface area contributed by atoms with E-state index in [4.69, 9.17) is 9.84 Å². The van der Waals surface area contributed by atoms with Crippen molar-refractivity contribution in [1.29, 1.82) is 0 Å². The number of methoxy groups -OCH3 is 1. The van der Waals surface area contributed by atoms with E-state index in [9.17, 15) is 9.90 Å². The van der Waals surface area contributed by atoms with Crippen molar-refractivity contribution in [3.63, 3.8) is 0 Å². The summed E-state index contributed by atoms with van der Waals surface area (Å²) in [5, 5.41) is 18.3. The van der Waals surface area contributed by atoms with Gasteiger partial charge in [0.2, 0.25) is 0 Å². The quantitative estimate of drug-likeness (QED) is 0.787. The summed E-state index contributed by atoms with van der Waals surface area (Å²) in [5.74, 6) is -0.921. The Bertz CT molecular complexity index is 360. The number of aliphatic carboxylic acids is 1. The lowest BCUT2D eigenvalue weighted by atomic mass is 10.0. The highest BCUT2D eigenvalue weighted by Gasteiger charge is 2.18. The lowest BCUT2D eigenvalue weighted by Crippen LogP contribution is -2.24. The van der Waals surface area contributed by atoms with Crippen molar-refractivity contribution in [1.82, 2.24) is 0 Å². The third kappa shape index (κ3) is 2.95. The van der Waals surface area contributed by atoms with E-state index in [0.29, 0.717) is 5.56 Å². The molecule has 1 aromatic carbocycles. The predicted molar refractivity (Wildman–Crippen MR) is 55.0 cm³/mol. The van der Waals surface area contributed by atoms with Crippen LogP contribution >= 0.6 is 0 Å². The normalized spacial score (nSPS) is 12.4. The number of carbonyl (C=O) groups is 1. The Morgan fingerprint density at radius 1 is 1.53 bits per heavy atom. The molecule has 0 spiro atoms. The zero-order chi connectivity index (χ0) is 11.4. The third-order valence-corrected chi connectivity index (χ3v) is 2.21. The first-order valence-electron chi connectivity index (χ1n) is 4.58. The van der Waals surface area contributed by atoms with Crippen LogP contribution < -0.4 is 0 Å². The van der Waals surface area contributed by atoms with Crippen molar-refractivity contribution in [2.24, 2.45) is 0 Å². The standard InChI is InChI=1S/C11H14O4/c1-7-3-4-8(9(12)5-7)6-10(15-2)11(13)14/h3-5,10,12H,6H2,1-2H3,(H,13,14). The molecule has 0 aliphatic rings. The Hall–Kier alpha value is -1.55. The average molecular weight is 210 g/mol. The van der Waals surface area contributed by atoms with Gasteiger partial charge in [0, 0.05) is 13.5 Å². The van der Waals surface area contributed by atoms with Crippen molar-refractivity contribution in [3.05, 3.63) is 29.3 Å². The minimum atomic E-state index is -1.03. The molecular formula is C11H14O4. The first-order chi connectivity index (χ1) is 7.04. The summed E-state index contributed by atoms with van der Waals surface area (Å²) < 4.78 is 4.79. The molecule has 0 saturated carbocycles. The molecule has 0 amide bonds. The molecule has 4 heteroatoms. The molecule has 2 N–H and O–H groups in total. The van der Waals surface area contributed by atoms with Crippen molar-refractivity contribution >= 4 is 5.97 Å². The van der Waals surface area contributed by atoms with Crippen molar-refractivity contribution < 1.29 is 19.7 Å². The molecule has 15 heavy (non-hydrogen) atoms. The fourth-order valence-electron chi connectivity index (χ4n) is 1.32. The Morgan fingerprint density at radius 2 is 2.20 bits per heavy atom. The highest BCUT2D eigenvalue weighted by Crippen LogP contribution is 2.20. The number of rotatable bonds is 4. The molecule has 1 atom stereocenters. The van der Waals surface area contributed by atoms with Gasteiger partial charge in [-0.2, -0.15) is 0 Å². The summed E-state index contributed by atoms with van der Waals surface area (Å²) in [6, 6.07) is 5.13. The smallest absolute Gasteiger partial charge is 0.333 e. The molecule has 0 aromatic heterocycles. The second-order valence-corrected chi connectivity index (χ2v) is 3.40. The number of carboxylic acid groups (broad SMARTS) is 1. The fraction of sp³-hybridized carbons (Fsp3) is 0.364. The molecule has 0 aliphatic heterocycles. The fourth-order valence-corrected chi connectivity index (χ4v) is 1.32. The number of carboxylic acids is 1. The SMILES string of the molecule is COC(Cc1ccc(C)cc1O)C(=O)O. The van der Waals surface area contributed by atoms with Gasteiger partial charge in [-0.1, -0.05) is 12.1 Å². The number of benzene rings is 1. The summed E-state index contributed by atoms with van der Waals surface area (Å²) in [5.41, 5.74) is 1.51. The van der Waals surface area contributed by atoms with Crippen LogP contribution in [0.3, 0.4) is 0 Å². The third-order valence-electron chi connectivity index (χ3n) is 2.21. The van der Waals surface area contributed by atoms with Crippen LogP contribution in [0.15, 0.2) is 18.2 Å². The summed E-state index contributed by atoms with van der Waals surface area (Å²) in [4.78, 5) is 10.7. The average Bonchev–Trinajstić information content (AvgIpc) is 2.16. The number of hydrogen-bond donors (Lipinski definition) is 2. The molecule has 1 unspecified atom stereocenters. The predicted octanol–water partition coefficient (Wildman–Crippen LogP) is 1.34. The highest BCUT2D eigenvalue weighted by molar-refractivity contribution is 5.72. The van der Waals surface area contributed by atoms with Gasteiger partial charge in [-0.25, -0.2) is 4.79 Å². The Kier molecular flexibility index (Phi) is 3.68. The Morgan fingerprint density at radius 3 is 2.67 bits per heavy atom. The van der Waals surface area contributed by atoms with Crippen LogP contribution in [0.25, 0.3) is 0 Å². The monoisotopic (exact) mass is 210 g/mol. The second-order valence-electron chi connectivity index (χ2n) is 3.40. The molecule has 0 heterocycles. The molecule has 82 valence electrons. The van der Waals surface area contributed by atoms with Crippen molar-refractivity contribution in [2.45, 2.75) is 19.4 Å². The van der Waals surface area contributed by atoms with E-state index in [1.54, 1.807) is 12.1 Å². The van der Waals surface area contributed by atoms with E-state index in [1.165, 1.54) is 7.11 Å². The van der Waals surface area contributed by atoms with Gasteiger partial charge in [-0.05, 0) is 24.1 Å². The molecule has 0 saturated heterocycles. The second kappa shape index (κ2) is 4.79. The van der Waals surface area contributed by atoms with E-state index >= 15 is 0 Å². The van der Waals surface area contributed by atoms with Crippen LogP contribution in [0, 0.1) is 6.92 Å². The van der Waals surface area contributed by atoms with E-state index in [1.807, 2.05) is 13.0 Å². The summed E-state index contributed by atoms with van der Waals surface area (Å²) in [6.45, 7) is 1.86. The summed E-state index contributed by atoms with van der Waals surface area (Å²) in [7, 11) is 1.34. The molecular weight excluding hydrogens is 196 g/mol. The van der Waals surface area contributed by atoms with Gasteiger partial charge >= 0.3 is 5.97 Å². The lowest BCUT2D eigenvalue weighted by molar-refractivity contribution is -0.148. The zero-order valence-electron chi connectivity index (χ0n) is 8.73. The van der Waals surface area contributed by atoms with E-state index in [0.717, 1.165) is 5.56 Å². The molecule has 1 aromatic rings. The van der Waals surface area contributed by atoms with E-state index in [-0.39, 0.29) is 12.2 Å². The number of phenols is 1. The van der Waals surface area contributed by atoms with Crippen LogP contribution in [0.2, 0.25) is 0 Å². The van der Waals surface area contributed by atoms with Crippen molar-refractivity contribution in [2.75, 3.05) is 7.11 Å². The number of phenolic OH excluding ortho intramolecular Hbond substituents is 1. The van der Waals surface area contributed by atoms with Gasteiger partial charge < -0.3 is 14.9 Å².